The predicted molar refractivity (Wildman–Crippen MR) is 74.4 cm³/mol. The largest absolute Gasteiger partial charge is 0.390 e. The van der Waals surface area contributed by atoms with Crippen LogP contribution in [-0.2, 0) is 6.61 Å². The number of nitrogens with zero attached hydrogens (tertiary/aromatic N) is 6. The lowest BCUT2D eigenvalue weighted by atomic mass is 10.3. The van der Waals surface area contributed by atoms with Crippen molar-refractivity contribution in [1.82, 2.24) is 19.9 Å². The average Bonchev–Trinajstić information content (AvgIpc) is 2.56. The molecule has 3 heterocycles. The van der Waals surface area contributed by atoms with Crippen molar-refractivity contribution >= 4 is 11.8 Å². The van der Waals surface area contributed by atoms with E-state index >= 15 is 0 Å². The summed E-state index contributed by atoms with van der Waals surface area (Å²) in [6, 6.07) is 3.64. The zero-order valence-electron chi connectivity index (χ0n) is 11.1. The van der Waals surface area contributed by atoms with Crippen LogP contribution in [0.3, 0.4) is 0 Å². The molecule has 0 amide bonds. The molecule has 0 saturated carbocycles. The van der Waals surface area contributed by atoms with Gasteiger partial charge in [-0.2, -0.15) is 0 Å². The first-order chi connectivity index (χ1) is 9.86. The number of anilines is 2. The molecule has 3 rings (SSSR count). The van der Waals surface area contributed by atoms with Crippen LogP contribution >= 0.6 is 0 Å². The summed E-state index contributed by atoms with van der Waals surface area (Å²) >= 11 is 0. The van der Waals surface area contributed by atoms with Crippen LogP contribution in [0, 0.1) is 0 Å². The van der Waals surface area contributed by atoms with E-state index < -0.39 is 0 Å². The van der Waals surface area contributed by atoms with Crippen LogP contribution in [0.1, 0.15) is 5.69 Å². The predicted octanol–water partition coefficient (Wildman–Crippen LogP) is 0.0855. The molecule has 7 nitrogen and oxygen atoms in total. The molecular formula is C13H16N6O. The minimum absolute atomic E-state index is 0.0622. The van der Waals surface area contributed by atoms with Gasteiger partial charge in [-0.25, -0.2) is 19.9 Å². The minimum atomic E-state index is -0.0622. The van der Waals surface area contributed by atoms with Crippen LogP contribution < -0.4 is 9.80 Å². The van der Waals surface area contributed by atoms with Crippen LogP contribution in [0.4, 0.5) is 11.8 Å². The number of rotatable bonds is 3. The Balaban J connectivity index is 1.66. The molecule has 0 atom stereocenters. The lowest BCUT2D eigenvalue weighted by Gasteiger charge is -2.35. The summed E-state index contributed by atoms with van der Waals surface area (Å²) in [5.41, 5.74) is 0.642. The smallest absolute Gasteiger partial charge is 0.225 e. The van der Waals surface area contributed by atoms with E-state index in [-0.39, 0.29) is 6.61 Å². The Kier molecular flexibility index (Phi) is 3.69. The summed E-state index contributed by atoms with van der Waals surface area (Å²) < 4.78 is 0. The second kappa shape index (κ2) is 5.79. The summed E-state index contributed by atoms with van der Waals surface area (Å²) in [4.78, 5) is 21.1. The first-order valence-corrected chi connectivity index (χ1v) is 6.55. The molecule has 20 heavy (non-hydrogen) atoms. The third-order valence-electron chi connectivity index (χ3n) is 3.31. The van der Waals surface area contributed by atoms with E-state index in [1.165, 1.54) is 6.33 Å². The molecule has 1 aliphatic rings. The van der Waals surface area contributed by atoms with Crippen molar-refractivity contribution in [2.75, 3.05) is 36.0 Å². The number of aromatic nitrogens is 4. The number of aliphatic hydroxyl groups excluding tert-OH is 1. The standard InChI is InChI=1S/C13H16N6O/c20-9-11-8-12(17-10-16-11)18-4-6-19(7-5-18)13-14-2-1-3-15-13/h1-3,8,10,20H,4-7,9H2. The monoisotopic (exact) mass is 272 g/mol. The van der Waals surface area contributed by atoms with E-state index in [4.69, 9.17) is 5.11 Å². The third-order valence-corrected chi connectivity index (χ3v) is 3.31. The lowest BCUT2D eigenvalue weighted by molar-refractivity contribution is 0.276. The third kappa shape index (κ3) is 2.67. The van der Waals surface area contributed by atoms with Gasteiger partial charge in [0.2, 0.25) is 5.95 Å². The Bertz CT molecular complexity index is 556. The van der Waals surface area contributed by atoms with Crippen molar-refractivity contribution < 1.29 is 5.11 Å². The summed E-state index contributed by atoms with van der Waals surface area (Å²) in [5.74, 6) is 1.63. The second-order valence-electron chi connectivity index (χ2n) is 4.55. The molecule has 2 aromatic rings. The average molecular weight is 272 g/mol. The Labute approximate surface area is 116 Å². The summed E-state index contributed by atoms with van der Waals surface area (Å²) in [7, 11) is 0. The van der Waals surface area contributed by atoms with Crippen LogP contribution in [0.2, 0.25) is 0 Å². The van der Waals surface area contributed by atoms with E-state index in [0.29, 0.717) is 5.69 Å². The molecule has 2 aromatic heterocycles. The fourth-order valence-corrected chi connectivity index (χ4v) is 2.24. The first-order valence-electron chi connectivity index (χ1n) is 6.55. The Hall–Kier alpha value is -2.28. The van der Waals surface area contributed by atoms with E-state index in [0.717, 1.165) is 37.9 Å². The lowest BCUT2D eigenvalue weighted by Crippen LogP contribution is -2.47. The molecular weight excluding hydrogens is 256 g/mol. The van der Waals surface area contributed by atoms with Crippen LogP contribution in [0.25, 0.3) is 0 Å². The fourth-order valence-electron chi connectivity index (χ4n) is 2.24. The first kappa shape index (κ1) is 12.7. The number of hydrogen-bond acceptors (Lipinski definition) is 7. The number of piperazine rings is 1. The molecule has 0 spiro atoms. The van der Waals surface area contributed by atoms with Gasteiger partial charge in [0, 0.05) is 44.6 Å². The second-order valence-corrected chi connectivity index (χ2v) is 4.55. The van der Waals surface area contributed by atoms with Gasteiger partial charge in [0.25, 0.3) is 0 Å². The molecule has 1 fully saturated rings. The fraction of sp³-hybridized carbons (Fsp3) is 0.385. The van der Waals surface area contributed by atoms with Crippen molar-refractivity contribution in [3.8, 4) is 0 Å². The summed E-state index contributed by atoms with van der Waals surface area (Å²) in [5, 5.41) is 9.12. The summed E-state index contributed by atoms with van der Waals surface area (Å²) in [6.45, 7) is 3.33. The van der Waals surface area contributed by atoms with Gasteiger partial charge in [-0.3, -0.25) is 0 Å². The zero-order valence-corrected chi connectivity index (χ0v) is 11.1. The van der Waals surface area contributed by atoms with Gasteiger partial charge in [-0.05, 0) is 6.07 Å². The highest BCUT2D eigenvalue weighted by Crippen LogP contribution is 2.16. The van der Waals surface area contributed by atoms with Crippen LogP contribution in [0.5, 0.6) is 0 Å². The van der Waals surface area contributed by atoms with Gasteiger partial charge in [0.05, 0.1) is 12.3 Å². The topological polar surface area (TPSA) is 78.3 Å². The molecule has 0 bridgehead atoms. The highest BCUT2D eigenvalue weighted by Gasteiger charge is 2.19. The molecule has 1 aliphatic heterocycles. The molecule has 1 N–H and O–H groups in total. The zero-order chi connectivity index (χ0) is 13.8. The van der Waals surface area contributed by atoms with E-state index in [2.05, 4.69) is 29.7 Å². The van der Waals surface area contributed by atoms with Gasteiger partial charge in [0.1, 0.15) is 12.1 Å². The Morgan fingerprint density at radius 2 is 1.65 bits per heavy atom. The highest BCUT2D eigenvalue weighted by atomic mass is 16.3. The van der Waals surface area contributed by atoms with Gasteiger partial charge in [0.15, 0.2) is 0 Å². The Morgan fingerprint density at radius 1 is 0.950 bits per heavy atom. The van der Waals surface area contributed by atoms with E-state index in [1.54, 1.807) is 12.4 Å². The van der Waals surface area contributed by atoms with Crippen molar-refractivity contribution in [2.45, 2.75) is 6.61 Å². The van der Waals surface area contributed by atoms with Gasteiger partial charge in [-0.15, -0.1) is 0 Å². The molecule has 104 valence electrons. The number of hydrogen-bond donors (Lipinski definition) is 1. The SMILES string of the molecule is OCc1cc(N2CCN(c3ncccn3)CC2)ncn1. The van der Waals surface area contributed by atoms with Gasteiger partial charge >= 0.3 is 0 Å². The van der Waals surface area contributed by atoms with Crippen molar-refractivity contribution in [2.24, 2.45) is 0 Å². The van der Waals surface area contributed by atoms with Crippen LogP contribution in [-0.4, -0.2) is 51.2 Å². The minimum Gasteiger partial charge on any atom is -0.390 e. The Morgan fingerprint density at radius 3 is 2.35 bits per heavy atom. The molecule has 0 unspecified atom stereocenters. The maximum absolute atomic E-state index is 9.12. The molecule has 0 radical (unpaired) electrons. The van der Waals surface area contributed by atoms with Crippen molar-refractivity contribution in [3.63, 3.8) is 0 Å². The normalized spacial score (nSPS) is 15.4. The van der Waals surface area contributed by atoms with Crippen LogP contribution in [0.15, 0.2) is 30.9 Å². The molecule has 0 aliphatic carbocycles. The van der Waals surface area contributed by atoms with Crippen molar-refractivity contribution in [3.05, 3.63) is 36.5 Å². The van der Waals surface area contributed by atoms with Gasteiger partial charge in [-0.1, -0.05) is 0 Å². The van der Waals surface area contributed by atoms with E-state index in [1.807, 2.05) is 12.1 Å². The number of aliphatic hydroxyl groups is 1. The quantitative estimate of drug-likeness (QED) is 0.848. The van der Waals surface area contributed by atoms with Gasteiger partial charge < -0.3 is 14.9 Å². The maximum atomic E-state index is 9.12. The molecule has 7 heteroatoms. The van der Waals surface area contributed by atoms with Crippen molar-refractivity contribution in [1.29, 1.82) is 0 Å². The van der Waals surface area contributed by atoms with E-state index in [9.17, 15) is 0 Å². The molecule has 0 aromatic carbocycles. The maximum Gasteiger partial charge on any atom is 0.225 e. The highest BCUT2D eigenvalue weighted by molar-refractivity contribution is 5.42. The summed E-state index contributed by atoms with van der Waals surface area (Å²) in [6.07, 6.45) is 5.01. The molecule has 1 saturated heterocycles.